The van der Waals surface area contributed by atoms with Gasteiger partial charge in [-0.1, -0.05) is 35.9 Å². The second kappa shape index (κ2) is 7.35. The molecule has 1 amide bonds. The van der Waals surface area contributed by atoms with E-state index in [1.807, 2.05) is 0 Å². The van der Waals surface area contributed by atoms with Gasteiger partial charge in [0, 0.05) is 17.1 Å². The van der Waals surface area contributed by atoms with Crippen molar-refractivity contribution in [2.45, 2.75) is 12.6 Å². The zero-order valence-electron chi connectivity index (χ0n) is 17.0. The van der Waals surface area contributed by atoms with Gasteiger partial charge in [-0.2, -0.15) is 0 Å². The Balaban J connectivity index is 1.54. The van der Waals surface area contributed by atoms with Crippen LogP contribution in [0.2, 0.25) is 5.02 Å². The molecule has 0 aliphatic carbocycles. The molecular formula is C25H15ClFNO5. The van der Waals surface area contributed by atoms with Gasteiger partial charge in [-0.05, 0) is 42.0 Å². The molecule has 2 aliphatic rings. The number of hydrogen-bond acceptors (Lipinski definition) is 5. The molecule has 0 saturated carbocycles. The second-order valence-corrected chi connectivity index (χ2v) is 8.30. The van der Waals surface area contributed by atoms with Crippen LogP contribution in [-0.2, 0) is 6.54 Å². The van der Waals surface area contributed by atoms with Crippen molar-refractivity contribution in [1.29, 1.82) is 0 Å². The van der Waals surface area contributed by atoms with Gasteiger partial charge in [0.05, 0.1) is 17.0 Å². The highest BCUT2D eigenvalue weighted by atomic mass is 35.5. The minimum absolute atomic E-state index is 0.0937. The number of carbonyl (C=O) groups is 1. The first-order chi connectivity index (χ1) is 16.0. The fraction of sp³-hybridized carbons (Fsp3) is 0.120. The maximum atomic E-state index is 14.9. The molecule has 6 rings (SSSR count). The maximum absolute atomic E-state index is 14.9. The van der Waals surface area contributed by atoms with Gasteiger partial charge in [0.15, 0.2) is 16.9 Å². The largest absolute Gasteiger partial charge is 0.454 e. The van der Waals surface area contributed by atoms with E-state index in [0.717, 1.165) is 5.56 Å². The van der Waals surface area contributed by atoms with Crippen LogP contribution >= 0.6 is 11.6 Å². The quantitative estimate of drug-likeness (QED) is 0.425. The van der Waals surface area contributed by atoms with Gasteiger partial charge in [-0.25, -0.2) is 4.39 Å². The Kier molecular flexibility index (Phi) is 4.41. The van der Waals surface area contributed by atoms with Crippen LogP contribution in [0.15, 0.2) is 69.9 Å². The van der Waals surface area contributed by atoms with Crippen molar-refractivity contribution in [2.75, 3.05) is 6.79 Å². The molecule has 0 fully saturated rings. The van der Waals surface area contributed by atoms with E-state index in [0.29, 0.717) is 16.5 Å². The van der Waals surface area contributed by atoms with E-state index in [1.165, 1.54) is 17.0 Å². The fourth-order valence-electron chi connectivity index (χ4n) is 4.41. The Morgan fingerprint density at radius 3 is 2.67 bits per heavy atom. The smallest absolute Gasteiger partial charge is 0.291 e. The summed E-state index contributed by atoms with van der Waals surface area (Å²) in [5, 5.41) is 0.596. The van der Waals surface area contributed by atoms with E-state index in [9.17, 15) is 14.0 Å². The highest BCUT2D eigenvalue weighted by Gasteiger charge is 2.43. The molecule has 0 bridgehead atoms. The molecule has 2 aliphatic heterocycles. The summed E-state index contributed by atoms with van der Waals surface area (Å²) in [6, 6.07) is 15.1. The molecule has 0 N–H and O–H groups in total. The predicted octanol–water partition coefficient (Wildman–Crippen LogP) is 5.06. The average Bonchev–Trinajstić information content (AvgIpc) is 3.38. The maximum Gasteiger partial charge on any atom is 0.291 e. The highest BCUT2D eigenvalue weighted by molar-refractivity contribution is 6.31. The van der Waals surface area contributed by atoms with Crippen LogP contribution in [0.5, 0.6) is 11.5 Å². The van der Waals surface area contributed by atoms with E-state index in [2.05, 4.69) is 0 Å². The van der Waals surface area contributed by atoms with Crippen molar-refractivity contribution in [3.63, 3.8) is 0 Å². The van der Waals surface area contributed by atoms with Crippen LogP contribution in [0.25, 0.3) is 11.0 Å². The van der Waals surface area contributed by atoms with Crippen molar-refractivity contribution in [1.82, 2.24) is 4.90 Å². The zero-order chi connectivity index (χ0) is 22.7. The monoisotopic (exact) mass is 463 g/mol. The molecule has 1 aromatic heterocycles. The molecule has 1 unspecified atom stereocenters. The molecule has 6 nitrogen and oxygen atoms in total. The van der Waals surface area contributed by atoms with Gasteiger partial charge in [0.25, 0.3) is 5.91 Å². The third-order valence-electron chi connectivity index (χ3n) is 5.92. The number of amides is 1. The third-order valence-corrected chi connectivity index (χ3v) is 6.15. The average molecular weight is 464 g/mol. The Morgan fingerprint density at radius 2 is 1.82 bits per heavy atom. The van der Waals surface area contributed by atoms with Crippen molar-refractivity contribution in [2.24, 2.45) is 0 Å². The molecule has 0 radical (unpaired) electrons. The number of carbonyl (C=O) groups excluding carboxylic acids is 1. The van der Waals surface area contributed by atoms with E-state index in [1.54, 1.807) is 48.5 Å². The molecule has 4 aromatic rings. The van der Waals surface area contributed by atoms with Crippen molar-refractivity contribution < 1.29 is 23.1 Å². The van der Waals surface area contributed by atoms with E-state index >= 15 is 0 Å². The minimum atomic E-state index is -0.959. The molecule has 0 spiro atoms. The van der Waals surface area contributed by atoms with Gasteiger partial charge < -0.3 is 18.8 Å². The van der Waals surface area contributed by atoms with Crippen LogP contribution in [-0.4, -0.2) is 17.6 Å². The summed E-state index contributed by atoms with van der Waals surface area (Å²) in [5.41, 5.74) is 0.874. The summed E-state index contributed by atoms with van der Waals surface area (Å²) in [4.78, 5) is 28.4. The fourth-order valence-corrected chi connectivity index (χ4v) is 4.58. The summed E-state index contributed by atoms with van der Waals surface area (Å²) >= 11 is 6.09. The Morgan fingerprint density at radius 1 is 1.00 bits per heavy atom. The molecule has 1 atom stereocenters. The second-order valence-electron chi connectivity index (χ2n) is 7.86. The molecule has 164 valence electrons. The lowest BCUT2D eigenvalue weighted by Crippen LogP contribution is -2.29. The summed E-state index contributed by atoms with van der Waals surface area (Å²) in [6.45, 7) is 0.230. The number of nitrogens with zero attached hydrogens (tertiary/aromatic N) is 1. The van der Waals surface area contributed by atoms with Crippen LogP contribution in [0.4, 0.5) is 4.39 Å². The Bertz CT molecular complexity index is 1510. The van der Waals surface area contributed by atoms with Gasteiger partial charge in [-0.15, -0.1) is 0 Å². The van der Waals surface area contributed by atoms with Gasteiger partial charge in [-0.3, -0.25) is 9.59 Å². The first kappa shape index (κ1) is 19.8. The van der Waals surface area contributed by atoms with E-state index in [-0.39, 0.29) is 41.2 Å². The summed E-state index contributed by atoms with van der Waals surface area (Å²) in [6.07, 6.45) is 0. The van der Waals surface area contributed by atoms with E-state index < -0.39 is 23.2 Å². The zero-order valence-corrected chi connectivity index (χ0v) is 17.8. The van der Waals surface area contributed by atoms with Crippen molar-refractivity contribution >= 4 is 28.5 Å². The lowest BCUT2D eigenvalue weighted by atomic mass is 9.97. The molecule has 0 saturated heterocycles. The third kappa shape index (κ3) is 3.08. The molecule has 3 heterocycles. The Labute approximate surface area is 191 Å². The van der Waals surface area contributed by atoms with Gasteiger partial charge in [0.2, 0.25) is 12.6 Å². The normalized spacial score (nSPS) is 16.5. The number of fused-ring (bicyclic) bond motifs is 3. The van der Waals surface area contributed by atoms with Gasteiger partial charge in [0.1, 0.15) is 11.4 Å². The number of halogens is 2. The highest BCUT2D eigenvalue weighted by Crippen LogP contribution is 2.41. The summed E-state index contributed by atoms with van der Waals surface area (Å²) < 4.78 is 31.6. The van der Waals surface area contributed by atoms with Crippen LogP contribution in [0, 0.1) is 5.82 Å². The van der Waals surface area contributed by atoms with Crippen LogP contribution in [0.1, 0.15) is 33.3 Å². The first-order valence-corrected chi connectivity index (χ1v) is 10.6. The van der Waals surface area contributed by atoms with Crippen molar-refractivity contribution in [3.05, 3.63) is 104 Å². The lowest BCUT2D eigenvalue weighted by Gasteiger charge is -2.25. The van der Waals surface area contributed by atoms with Gasteiger partial charge >= 0.3 is 0 Å². The number of hydrogen-bond donors (Lipinski definition) is 0. The topological polar surface area (TPSA) is 69.0 Å². The minimum Gasteiger partial charge on any atom is -0.454 e. The molecule has 3 aromatic carbocycles. The molecule has 8 heteroatoms. The number of benzene rings is 3. The molecule has 33 heavy (non-hydrogen) atoms. The summed E-state index contributed by atoms with van der Waals surface area (Å²) in [7, 11) is 0. The Hall–Kier alpha value is -3.84. The molecular weight excluding hydrogens is 449 g/mol. The SMILES string of the molecule is O=C1c2oc3ccc(Cl)cc3c(=O)c2C(c2ccccc2F)N1Cc1ccc2c(c1)OCO2. The standard InChI is InChI=1S/C25H15ClFNO5/c26-14-6-8-18-16(10-14)23(29)21-22(15-3-1-2-4-17(15)27)28(25(30)24(21)33-18)11-13-5-7-19-20(9-13)32-12-31-19/h1-10,22H,11-12H2. The van der Waals surface area contributed by atoms with Crippen LogP contribution in [0.3, 0.4) is 0 Å². The number of rotatable bonds is 3. The summed E-state index contributed by atoms with van der Waals surface area (Å²) in [5.74, 6) is 0.0622. The van der Waals surface area contributed by atoms with Crippen LogP contribution < -0.4 is 14.9 Å². The number of ether oxygens (including phenoxy) is 2. The van der Waals surface area contributed by atoms with E-state index in [4.69, 9.17) is 25.5 Å². The van der Waals surface area contributed by atoms with Crippen molar-refractivity contribution in [3.8, 4) is 11.5 Å². The predicted molar refractivity (Wildman–Crippen MR) is 118 cm³/mol. The lowest BCUT2D eigenvalue weighted by molar-refractivity contribution is 0.0712. The first-order valence-electron chi connectivity index (χ1n) is 10.2.